The Morgan fingerprint density at radius 2 is 1.92 bits per heavy atom. The van der Waals surface area contributed by atoms with Crippen molar-refractivity contribution in [2.45, 2.75) is 24.5 Å². The van der Waals surface area contributed by atoms with E-state index in [0.29, 0.717) is 17.9 Å². The van der Waals surface area contributed by atoms with E-state index in [1.807, 2.05) is 0 Å². The van der Waals surface area contributed by atoms with Gasteiger partial charge in [-0.3, -0.25) is 0 Å². The Balaban J connectivity index is 1.92. The maximum absolute atomic E-state index is 13.3. The first-order chi connectivity index (χ1) is 12.5. The number of hydrogen-bond acceptors (Lipinski definition) is 6. The number of ether oxygens (including phenoxy) is 2. The van der Waals surface area contributed by atoms with E-state index < -0.39 is 11.6 Å². The van der Waals surface area contributed by atoms with Gasteiger partial charge in [0, 0.05) is 13.0 Å². The van der Waals surface area contributed by atoms with E-state index in [4.69, 9.17) is 23.4 Å². The van der Waals surface area contributed by atoms with E-state index in [2.05, 4.69) is 14.1 Å². The van der Waals surface area contributed by atoms with Crippen molar-refractivity contribution in [3.05, 3.63) is 48.3 Å². The molecule has 7 nitrogen and oxygen atoms in total. The average Bonchev–Trinajstić information content (AvgIpc) is 3.34. The maximum atomic E-state index is 13.3. The van der Waals surface area contributed by atoms with Crippen molar-refractivity contribution >= 4 is 5.97 Å². The first kappa shape index (κ1) is 18.7. The monoisotopic (exact) mass is 364 g/mol. The molecule has 26 heavy (non-hydrogen) atoms. The first-order valence-electron chi connectivity index (χ1n) is 8.84. The summed E-state index contributed by atoms with van der Waals surface area (Å²) in [6.07, 6.45) is 3.94. The molecule has 7 heteroatoms. The molecule has 1 unspecified atom stereocenters. The van der Waals surface area contributed by atoms with E-state index >= 15 is 0 Å². The van der Waals surface area contributed by atoms with Gasteiger partial charge >= 0.3 is 5.97 Å². The fraction of sp³-hybridized carbons (Fsp3) is 0.526. The van der Waals surface area contributed by atoms with Gasteiger partial charge in [0.05, 0.1) is 39.8 Å². The molecule has 1 atom stereocenters. The SMILES string of the molecule is C[N+]1(C)CCC(OC(=O)C(OCCCO)(c2ccco2)c2ccco2)C1. The summed E-state index contributed by atoms with van der Waals surface area (Å²) in [5, 5.41) is 9.11. The van der Waals surface area contributed by atoms with Gasteiger partial charge in [0.2, 0.25) is 0 Å². The summed E-state index contributed by atoms with van der Waals surface area (Å²) in [4.78, 5) is 13.3. The molecule has 3 rings (SSSR count). The van der Waals surface area contributed by atoms with Crippen LogP contribution in [0.15, 0.2) is 45.6 Å². The molecule has 0 amide bonds. The largest absolute Gasteiger partial charge is 0.465 e. The molecule has 2 aromatic heterocycles. The van der Waals surface area contributed by atoms with Crippen LogP contribution in [0.5, 0.6) is 0 Å². The summed E-state index contributed by atoms with van der Waals surface area (Å²) in [7, 11) is 4.22. The maximum Gasteiger partial charge on any atom is 0.355 e. The first-order valence-corrected chi connectivity index (χ1v) is 8.84. The summed E-state index contributed by atoms with van der Waals surface area (Å²) in [5.74, 6) is 0.0245. The fourth-order valence-electron chi connectivity index (χ4n) is 3.33. The average molecular weight is 364 g/mol. The third-order valence-electron chi connectivity index (χ3n) is 4.67. The number of hydrogen-bond donors (Lipinski definition) is 1. The minimum absolute atomic E-state index is 0.0459. The molecule has 0 aromatic carbocycles. The molecule has 0 saturated carbocycles. The van der Waals surface area contributed by atoms with Crippen molar-refractivity contribution in [1.29, 1.82) is 0 Å². The number of carbonyl (C=O) groups is 1. The number of rotatable bonds is 8. The molecule has 142 valence electrons. The second kappa shape index (κ2) is 7.65. The summed E-state index contributed by atoms with van der Waals surface area (Å²) >= 11 is 0. The number of esters is 1. The lowest BCUT2D eigenvalue weighted by Crippen LogP contribution is -2.44. The van der Waals surface area contributed by atoms with E-state index in [1.54, 1.807) is 24.3 Å². The molecule has 3 heterocycles. The summed E-state index contributed by atoms with van der Waals surface area (Å²) in [6.45, 7) is 1.79. The van der Waals surface area contributed by atoms with E-state index in [-0.39, 0.29) is 19.3 Å². The molecule has 0 bridgehead atoms. The van der Waals surface area contributed by atoms with Crippen LogP contribution in [0.1, 0.15) is 24.4 Å². The Labute approximate surface area is 152 Å². The molecule has 0 radical (unpaired) electrons. The number of likely N-dealkylation sites (N-methyl/N-ethyl adjacent to an activating group) is 1. The number of aliphatic hydroxyl groups excluding tert-OH is 1. The minimum Gasteiger partial charge on any atom is -0.465 e. The van der Waals surface area contributed by atoms with Gasteiger partial charge in [0.25, 0.3) is 5.60 Å². The lowest BCUT2D eigenvalue weighted by atomic mass is 9.96. The van der Waals surface area contributed by atoms with Crippen molar-refractivity contribution in [2.75, 3.05) is 40.4 Å². The number of nitrogens with zero attached hydrogens (tertiary/aromatic N) is 1. The van der Waals surface area contributed by atoms with Crippen LogP contribution in [0.4, 0.5) is 0 Å². The highest BCUT2D eigenvalue weighted by Gasteiger charge is 2.52. The van der Waals surface area contributed by atoms with Gasteiger partial charge in [-0.25, -0.2) is 4.79 Å². The van der Waals surface area contributed by atoms with Gasteiger partial charge < -0.3 is 27.9 Å². The highest BCUT2D eigenvalue weighted by molar-refractivity contribution is 5.84. The second-order valence-electron chi connectivity index (χ2n) is 7.22. The van der Waals surface area contributed by atoms with Crippen molar-refractivity contribution in [2.24, 2.45) is 0 Å². The number of quaternary nitrogens is 1. The second-order valence-corrected chi connectivity index (χ2v) is 7.22. The van der Waals surface area contributed by atoms with Gasteiger partial charge in [-0.05, 0) is 30.7 Å². The molecule has 1 aliphatic heterocycles. The van der Waals surface area contributed by atoms with Crippen LogP contribution in [0.3, 0.4) is 0 Å². The quantitative estimate of drug-likeness (QED) is 0.438. The third-order valence-corrected chi connectivity index (χ3v) is 4.67. The Hall–Kier alpha value is -2.09. The van der Waals surface area contributed by atoms with Crippen molar-refractivity contribution in [1.82, 2.24) is 0 Å². The molecule has 1 aliphatic rings. The Morgan fingerprint density at radius 3 is 2.38 bits per heavy atom. The van der Waals surface area contributed by atoms with Gasteiger partial charge in [0.15, 0.2) is 17.6 Å². The topological polar surface area (TPSA) is 82.0 Å². The zero-order valence-corrected chi connectivity index (χ0v) is 15.2. The van der Waals surface area contributed by atoms with Crippen LogP contribution >= 0.6 is 0 Å². The molecular weight excluding hydrogens is 338 g/mol. The normalized spacial score (nSPS) is 19.6. The predicted octanol–water partition coefficient (Wildman–Crippen LogP) is 1.91. The van der Waals surface area contributed by atoms with Crippen LogP contribution in [0.25, 0.3) is 0 Å². The molecule has 1 fully saturated rings. The van der Waals surface area contributed by atoms with Crippen molar-refractivity contribution in [3.8, 4) is 0 Å². The molecule has 1 N–H and O–H groups in total. The molecule has 0 aliphatic carbocycles. The summed E-state index contributed by atoms with van der Waals surface area (Å²) in [5.41, 5.74) is -1.62. The molecule has 1 saturated heterocycles. The van der Waals surface area contributed by atoms with Crippen molar-refractivity contribution < 1.29 is 32.7 Å². The summed E-state index contributed by atoms with van der Waals surface area (Å²) < 4.78 is 23.6. The minimum atomic E-state index is -1.62. The zero-order valence-electron chi connectivity index (χ0n) is 15.2. The highest BCUT2D eigenvalue weighted by atomic mass is 16.6. The van der Waals surface area contributed by atoms with Crippen molar-refractivity contribution in [3.63, 3.8) is 0 Å². The van der Waals surface area contributed by atoms with E-state index in [9.17, 15) is 4.79 Å². The fourth-order valence-corrected chi connectivity index (χ4v) is 3.33. The smallest absolute Gasteiger partial charge is 0.355 e. The van der Waals surface area contributed by atoms with E-state index in [1.165, 1.54) is 12.5 Å². The van der Waals surface area contributed by atoms with Gasteiger partial charge in [0.1, 0.15) is 6.54 Å². The predicted molar refractivity (Wildman–Crippen MR) is 92.2 cm³/mol. The number of carbonyl (C=O) groups excluding carboxylic acids is 1. The van der Waals surface area contributed by atoms with Crippen LogP contribution in [0.2, 0.25) is 0 Å². The van der Waals surface area contributed by atoms with Gasteiger partial charge in [-0.15, -0.1) is 0 Å². The van der Waals surface area contributed by atoms with E-state index in [0.717, 1.165) is 24.0 Å². The molecule has 2 aromatic rings. The lowest BCUT2D eigenvalue weighted by molar-refractivity contribution is -0.879. The number of likely N-dealkylation sites (tertiary alicyclic amines) is 1. The van der Waals surface area contributed by atoms with Crippen LogP contribution < -0.4 is 0 Å². The number of aliphatic hydroxyl groups is 1. The number of furan rings is 2. The lowest BCUT2D eigenvalue weighted by Gasteiger charge is -2.29. The molecular formula is C19H26NO6+. The highest BCUT2D eigenvalue weighted by Crippen LogP contribution is 2.37. The van der Waals surface area contributed by atoms with Crippen LogP contribution in [-0.4, -0.2) is 62.1 Å². The molecule has 0 spiro atoms. The third kappa shape index (κ3) is 3.70. The van der Waals surface area contributed by atoms with Crippen LogP contribution in [0, 0.1) is 0 Å². The van der Waals surface area contributed by atoms with Gasteiger partial charge in [-0.1, -0.05) is 0 Å². The zero-order chi connectivity index (χ0) is 18.6. The van der Waals surface area contributed by atoms with Crippen LogP contribution in [-0.2, 0) is 19.9 Å². The Morgan fingerprint density at radius 1 is 1.27 bits per heavy atom. The Bertz CT molecular complexity index is 657. The summed E-state index contributed by atoms with van der Waals surface area (Å²) in [6, 6.07) is 6.70. The standard InChI is InChI=1S/C19H26NO6/c1-20(2)9-8-15(14-20)26-18(22)19(25-13-5-10-21,16-6-3-11-23-16)17-7-4-12-24-17/h3-4,6-7,11-12,15,21H,5,8-10,13-14H2,1-2H3/q+1. The van der Waals surface area contributed by atoms with Gasteiger partial charge in [-0.2, -0.15) is 0 Å². The Kier molecular flexibility index (Phi) is 5.50.